The number of furan rings is 1. The van der Waals surface area contributed by atoms with Gasteiger partial charge in [-0.2, -0.15) is 0 Å². The number of anilines is 1. The Kier molecular flexibility index (Phi) is 2.72. The summed E-state index contributed by atoms with van der Waals surface area (Å²) in [5.74, 6) is 1.84. The van der Waals surface area contributed by atoms with Crippen LogP contribution in [0, 0.1) is 13.8 Å². The summed E-state index contributed by atoms with van der Waals surface area (Å²) in [7, 11) is 0. The van der Waals surface area contributed by atoms with Crippen LogP contribution in [0.1, 0.15) is 16.9 Å². The SMILES string of the molecule is Cc1ccnc(NCc2occc2C)c1. The maximum absolute atomic E-state index is 5.33. The lowest BCUT2D eigenvalue weighted by Gasteiger charge is -2.04. The summed E-state index contributed by atoms with van der Waals surface area (Å²) in [6.45, 7) is 4.75. The third-order valence-electron chi connectivity index (χ3n) is 2.31. The van der Waals surface area contributed by atoms with Crippen molar-refractivity contribution >= 4 is 5.82 Å². The maximum atomic E-state index is 5.33. The van der Waals surface area contributed by atoms with Crippen molar-refractivity contribution in [2.45, 2.75) is 20.4 Å². The molecule has 2 aromatic heterocycles. The molecule has 0 aliphatic rings. The predicted octanol–water partition coefficient (Wildman–Crippen LogP) is 2.90. The van der Waals surface area contributed by atoms with Crippen LogP contribution in [0.4, 0.5) is 5.82 Å². The van der Waals surface area contributed by atoms with Gasteiger partial charge in [0.05, 0.1) is 12.8 Å². The Hall–Kier alpha value is -1.77. The van der Waals surface area contributed by atoms with Crippen LogP contribution in [0.25, 0.3) is 0 Å². The van der Waals surface area contributed by atoms with Gasteiger partial charge in [0.15, 0.2) is 0 Å². The first-order valence-corrected chi connectivity index (χ1v) is 4.95. The van der Waals surface area contributed by atoms with E-state index in [1.807, 2.05) is 32.0 Å². The molecule has 0 amide bonds. The van der Waals surface area contributed by atoms with Gasteiger partial charge in [-0.3, -0.25) is 0 Å². The molecule has 0 radical (unpaired) electrons. The lowest BCUT2D eigenvalue weighted by molar-refractivity contribution is 0.515. The summed E-state index contributed by atoms with van der Waals surface area (Å²) in [5.41, 5.74) is 2.36. The highest BCUT2D eigenvalue weighted by molar-refractivity contribution is 5.37. The van der Waals surface area contributed by atoms with E-state index < -0.39 is 0 Å². The lowest BCUT2D eigenvalue weighted by atomic mass is 10.2. The van der Waals surface area contributed by atoms with Crippen LogP contribution in [0.2, 0.25) is 0 Å². The molecule has 2 aromatic rings. The summed E-state index contributed by atoms with van der Waals surface area (Å²) in [6.07, 6.45) is 3.50. The highest BCUT2D eigenvalue weighted by atomic mass is 16.3. The minimum absolute atomic E-state index is 0.676. The third kappa shape index (κ3) is 2.37. The normalized spacial score (nSPS) is 10.3. The fraction of sp³-hybridized carbons (Fsp3) is 0.250. The zero-order valence-corrected chi connectivity index (χ0v) is 8.95. The Labute approximate surface area is 89.1 Å². The van der Waals surface area contributed by atoms with Gasteiger partial charge in [0.1, 0.15) is 11.6 Å². The third-order valence-corrected chi connectivity index (χ3v) is 2.31. The summed E-state index contributed by atoms with van der Waals surface area (Å²) in [6, 6.07) is 5.95. The van der Waals surface area contributed by atoms with Gasteiger partial charge >= 0.3 is 0 Å². The minimum atomic E-state index is 0.676. The molecule has 0 aromatic carbocycles. The monoisotopic (exact) mass is 202 g/mol. The van der Waals surface area contributed by atoms with Crippen LogP contribution in [0.15, 0.2) is 35.1 Å². The summed E-state index contributed by atoms with van der Waals surface area (Å²) >= 11 is 0. The van der Waals surface area contributed by atoms with Crippen LogP contribution >= 0.6 is 0 Å². The van der Waals surface area contributed by atoms with E-state index in [2.05, 4.69) is 10.3 Å². The molecule has 0 spiro atoms. The molecule has 2 rings (SSSR count). The van der Waals surface area contributed by atoms with E-state index in [0.717, 1.165) is 17.1 Å². The topological polar surface area (TPSA) is 38.1 Å². The van der Waals surface area contributed by atoms with E-state index in [-0.39, 0.29) is 0 Å². The number of nitrogens with one attached hydrogen (secondary N) is 1. The number of rotatable bonds is 3. The van der Waals surface area contributed by atoms with Gasteiger partial charge < -0.3 is 9.73 Å². The van der Waals surface area contributed by atoms with Gasteiger partial charge in [-0.1, -0.05) is 0 Å². The Morgan fingerprint density at radius 1 is 1.33 bits per heavy atom. The Bertz CT molecular complexity index is 448. The van der Waals surface area contributed by atoms with E-state index in [9.17, 15) is 0 Å². The number of pyridine rings is 1. The molecule has 0 atom stereocenters. The van der Waals surface area contributed by atoms with Crippen LogP contribution in [-0.2, 0) is 6.54 Å². The number of hydrogen-bond donors (Lipinski definition) is 1. The molecule has 0 aliphatic heterocycles. The second-order valence-corrected chi connectivity index (χ2v) is 3.60. The molecule has 3 nitrogen and oxygen atoms in total. The van der Waals surface area contributed by atoms with E-state index in [4.69, 9.17) is 4.42 Å². The minimum Gasteiger partial charge on any atom is -0.467 e. The second-order valence-electron chi connectivity index (χ2n) is 3.60. The molecular formula is C12H14N2O. The lowest BCUT2D eigenvalue weighted by Crippen LogP contribution is -2.01. The molecule has 2 heterocycles. The van der Waals surface area contributed by atoms with E-state index in [0.29, 0.717) is 6.54 Å². The Balaban J connectivity index is 2.02. The molecule has 0 bridgehead atoms. The largest absolute Gasteiger partial charge is 0.467 e. The standard InChI is InChI=1S/C12H14N2O/c1-9-3-5-13-12(7-9)14-8-11-10(2)4-6-15-11/h3-7H,8H2,1-2H3,(H,13,14). The van der Waals surface area contributed by atoms with Crippen LogP contribution in [0.3, 0.4) is 0 Å². The number of aryl methyl sites for hydroxylation is 2. The molecule has 0 aliphatic carbocycles. The second kappa shape index (κ2) is 4.17. The first kappa shape index (κ1) is 9.77. The van der Waals surface area contributed by atoms with Crippen molar-refractivity contribution in [3.05, 3.63) is 47.5 Å². The highest BCUT2D eigenvalue weighted by Gasteiger charge is 2.01. The van der Waals surface area contributed by atoms with E-state index >= 15 is 0 Å². The molecule has 3 heteroatoms. The Morgan fingerprint density at radius 3 is 2.87 bits per heavy atom. The number of aromatic nitrogens is 1. The molecule has 0 saturated heterocycles. The molecule has 15 heavy (non-hydrogen) atoms. The maximum Gasteiger partial charge on any atom is 0.126 e. The van der Waals surface area contributed by atoms with Crippen molar-refractivity contribution in [1.29, 1.82) is 0 Å². The molecule has 78 valence electrons. The van der Waals surface area contributed by atoms with Gasteiger partial charge in [0, 0.05) is 6.20 Å². The number of nitrogens with zero attached hydrogens (tertiary/aromatic N) is 1. The van der Waals surface area contributed by atoms with E-state index in [1.54, 1.807) is 12.5 Å². The molecule has 1 N–H and O–H groups in total. The average Bonchev–Trinajstić information content (AvgIpc) is 2.61. The van der Waals surface area contributed by atoms with Crippen LogP contribution < -0.4 is 5.32 Å². The average molecular weight is 202 g/mol. The molecule has 0 saturated carbocycles. The van der Waals surface area contributed by atoms with Crippen molar-refractivity contribution in [2.75, 3.05) is 5.32 Å². The van der Waals surface area contributed by atoms with Gasteiger partial charge in [-0.15, -0.1) is 0 Å². The summed E-state index contributed by atoms with van der Waals surface area (Å²) in [4.78, 5) is 4.22. The Morgan fingerprint density at radius 2 is 2.20 bits per heavy atom. The van der Waals surface area contributed by atoms with E-state index in [1.165, 1.54) is 5.56 Å². The quantitative estimate of drug-likeness (QED) is 0.831. The number of hydrogen-bond acceptors (Lipinski definition) is 3. The van der Waals surface area contributed by atoms with Crippen molar-refractivity contribution in [3.8, 4) is 0 Å². The smallest absolute Gasteiger partial charge is 0.126 e. The summed E-state index contributed by atoms with van der Waals surface area (Å²) in [5, 5.41) is 3.22. The fourth-order valence-electron chi connectivity index (χ4n) is 1.39. The fourth-order valence-corrected chi connectivity index (χ4v) is 1.39. The van der Waals surface area contributed by atoms with Crippen molar-refractivity contribution in [1.82, 2.24) is 4.98 Å². The van der Waals surface area contributed by atoms with Crippen molar-refractivity contribution in [2.24, 2.45) is 0 Å². The summed E-state index contributed by atoms with van der Waals surface area (Å²) < 4.78 is 5.33. The first-order chi connectivity index (χ1) is 7.25. The zero-order valence-electron chi connectivity index (χ0n) is 8.95. The highest BCUT2D eigenvalue weighted by Crippen LogP contribution is 2.11. The molecule has 0 fully saturated rings. The van der Waals surface area contributed by atoms with Crippen molar-refractivity contribution in [3.63, 3.8) is 0 Å². The zero-order chi connectivity index (χ0) is 10.7. The molecular weight excluding hydrogens is 188 g/mol. The predicted molar refractivity (Wildman–Crippen MR) is 59.7 cm³/mol. The van der Waals surface area contributed by atoms with Crippen molar-refractivity contribution < 1.29 is 4.42 Å². The van der Waals surface area contributed by atoms with Gasteiger partial charge in [0.2, 0.25) is 0 Å². The van der Waals surface area contributed by atoms with Crippen LogP contribution in [-0.4, -0.2) is 4.98 Å². The van der Waals surface area contributed by atoms with Gasteiger partial charge in [-0.05, 0) is 43.2 Å². The van der Waals surface area contributed by atoms with Gasteiger partial charge in [-0.25, -0.2) is 4.98 Å². The molecule has 0 unspecified atom stereocenters. The van der Waals surface area contributed by atoms with Crippen LogP contribution in [0.5, 0.6) is 0 Å². The first-order valence-electron chi connectivity index (χ1n) is 4.95. The van der Waals surface area contributed by atoms with Gasteiger partial charge in [0.25, 0.3) is 0 Å².